The summed E-state index contributed by atoms with van der Waals surface area (Å²) in [5.41, 5.74) is 6.05. The maximum Gasteiger partial charge on any atom is 0.0790 e. The summed E-state index contributed by atoms with van der Waals surface area (Å²) in [6, 6.07) is 34.3. The van der Waals surface area contributed by atoms with Crippen molar-refractivity contribution in [2.75, 3.05) is 5.32 Å². The molecule has 5 rings (SSSR count). The van der Waals surface area contributed by atoms with Crippen molar-refractivity contribution in [1.82, 2.24) is 4.98 Å². The van der Waals surface area contributed by atoms with Gasteiger partial charge in [0.2, 0.25) is 0 Å². The number of aromatic nitrogens is 1. The molecule has 136 valence electrons. The molecule has 0 fully saturated rings. The molecular formula is C26H22N2. The maximum atomic E-state index is 3.80. The minimum absolute atomic E-state index is 0.0681. The van der Waals surface area contributed by atoms with Gasteiger partial charge >= 0.3 is 0 Å². The Morgan fingerprint density at radius 3 is 2.29 bits per heavy atom. The zero-order chi connectivity index (χ0) is 18.9. The van der Waals surface area contributed by atoms with Crippen LogP contribution in [0.2, 0.25) is 0 Å². The van der Waals surface area contributed by atoms with E-state index < -0.39 is 0 Å². The third-order valence-corrected chi connectivity index (χ3v) is 5.43. The van der Waals surface area contributed by atoms with Gasteiger partial charge in [-0.15, -0.1) is 0 Å². The molecule has 0 amide bonds. The number of hydrogen-bond donors (Lipinski definition) is 2. The second-order valence-corrected chi connectivity index (χ2v) is 7.26. The number of anilines is 1. The van der Waals surface area contributed by atoms with E-state index in [-0.39, 0.29) is 6.04 Å². The van der Waals surface area contributed by atoms with Gasteiger partial charge in [0.05, 0.1) is 6.04 Å². The molecule has 1 unspecified atom stereocenters. The van der Waals surface area contributed by atoms with Gasteiger partial charge in [-0.3, -0.25) is 0 Å². The first kappa shape index (κ1) is 16.6. The summed E-state index contributed by atoms with van der Waals surface area (Å²) in [7, 11) is 0. The highest BCUT2D eigenvalue weighted by Crippen LogP contribution is 2.35. The Labute approximate surface area is 164 Å². The Morgan fingerprint density at radius 2 is 1.43 bits per heavy atom. The molecular weight excluding hydrogens is 340 g/mol. The van der Waals surface area contributed by atoms with Gasteiger partial charge in [0.15, 0.2) is 0 Å². The van der Waals surface area contributed by atoms with Gasteiger partial charge in [0.1, 0.15) is 0 Å². The summed E-state index contributed by atoms with van der Waals surface area (Å²) >= 11 is 0. The Balaban J connectivity index is 1.65. The summed E-state index contributed by atoms with van der Waals surface area (Å²) in [6.07, 6.45) is 0. The quantitative estimate of drug-likeness (QED) is 0.360. The van der Waals surface area contributed by atoms with Crippen LogP contribution in [0.3, 0.4) is 0 Å². The van der Waals surface area contributed by atoms with Gasteiger partial charge < -0.3 is 10.3 Å². The third-order valence-electron chi connectivity index (χ3n) is 5.43. The molecule has 1 heterocycles. The van der Waals surface area contributed by atoms with Gasteiger partial charge in [-0.2, -0.15) is 0 Å². The highest BCUT2D eigenvalue weighted by atomic mass is 14.9. The van der Waals surface area contributed by atoms with Crippen LogP contribution in [0.1, 0.15) is 22.9 Å². The molecule has 4 aromatic carbocycles. The molecule has 1 aromatic heterocycles. The van der Waals surface area contributed by atoms with Crippen molar-refractivity contribution in [3.63, 3.8) is 0 Å². The zero-order valence-electron chi connectivity index (χ0n) is 15.8. The van der Waals surface area contributed by atoms with Gasteiger partial charge in [0.25, 0.3) is 0 Å². The van der Waals surface area contributed by atoms with Crippen LogP contribution in [0.5, 0.6) is 0 Å². The van der Waals surface area contributed by atoms with Crippen molar-refractivity contribution >= 4 is 27.4 Å². The van der Waals surface area contributed by atoms with E-state index in [9.17, 15) is 0 Å². The lowest BCUT2D eigenvalue weighted by molar-refractivity contribution is 0.934. The molecule has 0 saturated heterocycles. The molecule has 0 saturated carbocycles. The molecule has 0 radical (unpaired) electrons. The monoisotopic (exact) mass is 362 g/mol. The maximum absolute atomic E-state index is 3.80. The predicted molar refractivity (Wildman–Crippen MR) is 119 cm³/mol. The predicted octanol–water partition coefficient (Wildman–Crippen LogP) is 6.83. The highest BCUT2D eigenvalue weighted by Gasteiger charge is 2.20. The first-order valence-electron chi connectivity index (χ1n) is 9.67. The van der Waals surface area contributed by atoms with Crippen LogP contribution in [0.15, 0.2) is 97.1 Å². The van der Waals surface area contributed by atoms with Gasteiger partial charge in [0, 0.05) is 27.8 Å². The second kappa shape index (κ2) is 6.90. The molecule has 28 heavy (non-hydrogen) atoms. The van der Waals surface area contributed by atoms with E-state index in [1.807, 2.05) is 0 Å². The van der Waals surface area contributed by atoms with Crippen molar-refractivity contribution in [1.29, 1.82) is 0 Å². The van der Waals surface area contributed by atoms with E-state index in [1.54, 1.807) is 0 Å². The van der Waals surface area contributed by atoms with Crippen molar-refractivity contribution in [3.8, 4) is 0 Å². The average molecular weight is 362 g/mol. The molecule has 0 aliphatic carbocycles. The lowest BCUT2D eigenvalue weighted by Gasteiger charge is -2.22. The fraction of sp³-hybridized carbons (Fsp3) is 0.0769. The lowest BCUT2D eigenvalue weighted by atomic mass is 9.95. The molecule has 0 aliphatic rings. The minimum Gasteiger partial charge on any atom is -0.374 e. The van der Waals surface area contributed by atoms with E-state index in [0.717, 1.165) is 5.69 Å². The standard InChI is InChI=1S/C26H22N2/c1-18-25(23-13-7-8-14-24(23)27-18)26(20-10-3-2-4-11-20)28-22-16-15-19-9-5-6-12-21(19)17-22/h2-17,26-28H,1H3. The van der Waals surface area contributed by atoms with Crippen molar-refractivity contribution in [2.24, 2.45) is 0 Å². The van der Waals surface area contributed by atoms with E-state index in [4.69, 9.17) is 0 Å². The zero-order valence-corrected chi connectivity index (χ0v) is 15.8. The number of aryl methyl sites for hydroxylation is 1. The van der Waals surface area contributed by atoms with E-state index in [2.05, 4.69) is 114 Å². The number of para-hydroxylation sites is 1. The molecule has 2 nitrogen and oxygen atoms in total. The number of fused-ring (bicyclic) bond motifs is 2. The lowest BCUT2D eigenvalue weighted by Crippen LogP contribution is -2.13. The number of nitrogens with one attached hydrogen (secondary N) is 2. The molecule has 0 aliphatic heterocycles. The fourth-order valence-corrected chi connectivity index (χ4v) is 4.08. The number of H-pyrrole nitrogens is 1. The van der Waals surface area contributed by atoms with Crippen LogP contribution < -0.4 is 5.32 Å². The molecule has 2 heteroatoms. The Morgan fingerprint density at radius 1 is 0.714 bits per heavy atom. The number of rotatable bonds is 4. The van der Waals surface area contributed by atoms with E-state index >= 15 is 0 Å². The largest absolute Gasteiger partial charge is 0.374 e. The molecule has 5 aromatic rings. The summed E-state index contributed by atoms with van der Waals surface area (Å²) in [6.45, 7) is 2.16. The highest BCUT2D eigenvalue weighted by molar-refractivity contribution is 5.88. The Kier molecular flexibility index (Phi) is 4.10. The minimum atomic E-state index is 0.0681. The van der Waals surface area contributed by atoms with Gasteiger partial charge in [-0.25, -0.2) is 0 Å². The smallest absolute Gasteiger partial charge is 0.0790 e. The number of benzene rings is 4. The summed E-state index contributed by atoms with van der Waals surface area (Å²) < 4.78 is 0. The first-order valence-corrected chi connectivity index (χ1v) is 9.67. The van der Waals surface area contributed by atoms with Crippen LogP contribution in [0.25, 0.3) is 21.7 Å². The topological polar surface area (TPSA) is 27.8 Å². The SMILES string of the molecule is Cc1[nH]c2ccccc2c1C(Nc1ccc2ccccc2c1)c1ccccc1. The van der Waals surface area contributed by atoms with E-state index in [1.165, 1.54) is 38.5 Å². The van der Waals surface area contributed by atoms with Crippen LogP contribution >= 0.6 is 0 Å². The van der Waals surface area contributed by atoms with Gasteiger partial charge in [-0.05, 0) is 41.5 Å². The van der Waals surface area contributed by atoms with Crippen LogP contribution in [-0.4, -0.2) is 4.98 Å². The van der Waals surface area contributed by atoms with Crippen molar-refractivity contribution < 1.29 is 0 Å². The van der Waals surface area contributed by atoms with E-state index in [0.29, 0.717) is 0 Å². The third kappa shape index (κ3) is 2.93. The van der Waals surface area contributed by atoms with Gasteiger partial charge in [-0.1, -0.05) is 78.9 Å². The Bertz CT molecular complexity index is 1250. The Hall–Kier alpha value is -3.52. The second-order valence-electron chi connectivity index (χ2n) is 7.26. The fourth-order valence-electron chi connectivity index (χ4n) is 4.08. The van der Waals surface area contributed by atoms with Crippen LogP contribution in [-0.2, 0) is 0 Å². The van der Waals surface area contributed by atoms with Crippen molar-refractivity contribution in [2.45, 2.75) is 13.0 Å². The summed E-state index contributed by atoms with van der Waals surface area (Å²) in [5.74, 6) is 0. The van der Waals surface area contributed by atoms with Crippen molar-refractivity contribution in [3.05, 3.63) is 114 Å². The molecule has 1 atom stereocenters. The molecule has 2 N–H and O–H groups in total. The van der Waals surface area contributed by atoms with Crippen LogP contribution in [0.4, 0.5) is 5.69 Å². The summed E-state index contributed by atoms with van der Waals surface area (Å²) in [4.78, 5) is 3.55. The normalized spacial score (nSPS) is 12.3. The molecule has 0 spiro atoms. The average Bonchev–Trinajstić information content (AvgIpc) is 3.08. The number of hydrogen-bond acceptors (Lipinski definition) is 1. The number of aromatic amines is 1. The molecule has 0 bridgehead atoms. The summed E-state index contributed by atoms with van der Waals surface area (Å²) in [5, 5.41) is 7.57. The van der Waals surface area contributed by atoms with Crippen LogP contribution in [0, 0.1) is 6.92 Å². The first-order chi connectivity index (χ1) is 13.8.